The van der Waals surface area contributed by atoms with Crippen LogP contribution in [0.25, 0.3) is 0 Å². The third-order valence-electron chi connectivity index (χ3n) is 7.83. The SMILES string of the molecule is C=CCNC(=O)C(=O)C(CCC)NC(=O)C1[C@@H](C)[C@@H](C)CN1C(=O)C(NC(=O)N[C@H](COC(=O)OC(C)C)C(C)C)C(C)(C)C. The number of nitrogens with zero attached hydrogens (tertiary/aromatic N) is 1. The molecule has 1 heterocycles. The van der Waals surface area contributed by atoms with E-state index in [1.165, 1.54) is 11.0 Å². The summed E-state index contributed by atoms with van der Waals surface area (Å²) in [5.41, 5.74) is -0.751. The zero-order chi connectivity index (χ0) is 34.6. The summed E-state index contributed by atoms with van der Waals surface area (Å²) in [5.74, 6) is -3.00. The van der Waals surface area contributed by atoms with Crippen LogP contribution >= 0.6 is 0 Å². The number of Topliss-reactive ketones (excluding diaryl/α,β-unsaturated/α-hetero) is 1. The van der Waals surface area contributed by atoms with Crippen LogP contribution in [0.3, 0.4) is 0 Å². The first-order valence-electron chi connectivity index (χ1n) is 15.8. The molecule has 45 heavy (non-hydrogen) atoms. The molecular weight excluding hydrogens is 582 g/mol. The number of ether oxygens (including phenoxy) is 2. The Labute approximate surface area is 268 Å². The molecule has 3 unspecified atom stereocenters. The van der Waals surface area contributed by atoms with Gasteiger partial charge in [0.15, 0.2) is 0 Å². The van der Waals surface area contributed by atoms with Crippen molar-refractivity contribution in [2.75, 3.05) is 19.7 Å². The predicted molar refractivity (Wildman–Crippen MR) is 170 cm³/mol. The fraction of sp³-hybridized carbons (Fsp3) is 0.750. The van der Waals surface area contributed by atoms with Crippen molar-refractivity contribution in [3.05, 3.63) is 12.7 Å². The minimum Gasteiger partial charge on any atom is -0.432 e. The lowest BCUT2D eigenvalue weighted by Crippen LogP contribution is -2.61. The van der Waals surface area contributed by atoms with Crippen LogP contribution < -0.4 is 21.3 Å². The van der Waals surface area contributed by atoms with Crippen LogP contribution in [-0.2, 0) is 28.7 Å². The second kappa shape index (κ2) is 17.7. The Morgan fingerprint density at radius 1 is 1.00 bits per heavy atom. The number of hydrogen-bond acceptors (Lipinski definition) is 8. The van der Waals surface area contributed by atoms with E-state index in [0.29, 0.717) is 6.42 Å². The Morgan fingerprint density at radius 3 is 2.13 bits per heavy atom. The minimum atomic E-state index is -1.05. The quantitative estimate of drug-likeness (QED) is 0.121. The van der Waals surface area contributed by atoms with Crippen molar-refractivity contribution in [2.24, 2.45) is 23.2 Å². The molecule has 0 radical (unpaired) electrons. The van der Waals surface area contributed by atoms with Crippen molar-refractivity contribution in [1.29, 1.82) is 0 Å². The van der Waals surface area contributed by atoms with Gasteiger partial charge in [-0.3, -0.25) is 19.2 Å². The minimum absolute atomic E-state index is 0.0524. The second-order valence-corrected chi connectivity index (χ2v) is 13.5. The van der Waals surface area contributed by atoms with Crippen LogP contribution in [0.5, 0.6) is 0 Å². The summed E-state index contributed by atoms with van der Waals surface area (Å²) in [6, 6.07) is -4.20. The van der Waals surface area contributed by atoms with E-state index < -0.39 is 65.3 Å². The molecule has 256 valence electrons. The fourth-order valence-corrected chi connectivity index (χ4v) is 4.96. The third-order valence-corrected chi connectivity index (χ3v) is 7.83. The first-order valence-corrected chi connectivity index (χ1v) is 15.8. The van der Waals surface area contributed by atoms with Gasteiger partial charge in [0, 0.05) is 13.1 Å². The van der Waals surface area contributed by atoms with Crippen molar-refractivity contribution in [1.82, 2.24) is 26.2 Å². The number of likely N-dealkylation sites (tertiary alicyclic amines) is 1. The van der Waals surface area contributed by atoms with Gasteiger partial charge in [-0.1, -0.05) is 67.9 Å². The van der Waals surface area contributed by atoms with E-state index >= 15 is 0 Å². The molecule has 5 amide bonds. The summed E-state index contributed by atoms with van der Waals surface area (Å²) in [7, 11) is 0. The fourth-order valence-electron chi connectivity index (χ4n) is 4.96. The number of hydrogen-bond donors (Lipinski definition) is 4. The molecule has 1 saturated heterocycles. The van der Waals surface area contributed by atoms with Gasteiger partial charge in [-0.2, -0.15) is 0 Å². The number of carbonyl (C=O) groups is 6. The van der Waals surface area contributed by atoms with E-state index in [9.17, 15) is 28.8 Å². The first-order chi connectivity index (χ1) is 20.8. The molecule has 4 N–H and O–H groups in total. The van der Waals surface area contributed by atoms with Crippen molar-refractivity contribution in [2.45, 2.75) is 112 Å². The Hall–Kier alpha value is -3.64. The molecule has 0 aromatic heterocycles. The summed E-state index contributed by atoms with van der Waals surface area (Å²) in [5, 5.41) is 10.7. The molecule has 13 heteroatoms. The van der Waals surface area contributed by atoms with Crippen molar-refractivity contribution in [3.63, 3.8) is 0 Å². The molecule has 13 nitrogen and oxygen atoms in total. The molecule has 1 aliphatic rings. The molecule has 6 atom stereocenters. The van der Waals surface area contributed by atoms with Crippen LogP contribution in [0.15, 0.2) is 12.7 Å². The maximum atomic E-state index is 14.1. The molecule has 0 aliphatic carbocycles. The van der Waals surface area contributed by atoms with Crippen LogP contribution in [0.4, 0.5) is 9.59 Å². The summed E-state index contributed by atoms with van der Waals surface area (Å²) >= 11 is 0. The monoisotopic (exact) mass is 637 g/mol. The van der Waals surface area contributed by atoms with Crippen LogP contribution in [0.2, 0.25) is 0 Å². The molecule has 1 fully saturated rings. The number of amides is 5. The number of urea groups is 1. The van der Waals surface area contributed by atoms with Gasteiger partial charge in [0.25, 0.3) is 5.91 Å². The molecule has 0 aromatic rings. The van der Waals surface area contributed by atoms with Gasteiger partial charge in [-0.05, 0) is 43.4 Å². The van der Waals surface area contributed by atoms with Gasteiger partial charge in [0.1, 0.15) is 18.7 Å². The summed E-state index contributed by atoms with van der Waals surface area (Å²) in [4.78, 5) is 79.5. The highest BCUT2D eigenvalue weighted by molar-refractivity contribution is 6.38. The lowest BCUT2D eigenvalue weighted by molar-refractivity contribution is -0.144. The summed E-state index contributed by atoms with van der Waals surface area (Å²) < 4.78 is 10.2. The lowest BCUT2D eigenvalue weighted by Gasteiger charge is -2.36. The maximum Gasteiger partial charge on any atom is 0.508 e. The van der Waals surface area contributed by atoms with Gasteiger partial charge in [0.2, 0.25) is 17.6 Å². The average molecular weight is 638 g/mol. The van der Waals surface area contributed by atoms with E-state index in [1.807, 2.05) is 34.6 Å². The number of ketones is 1. The zero-order valence-electron chi connectivity index (χ0n) is 28.7. The maximum absolute atomic E-state index is 14.1. The molecule has 1 rings (SSSR count). The van der Waals surface area contributed by atoms with Crippen LogP contribution in [0.1, 0.15) is 82.1 Å². The molecule has 0 aromatic carbocycles. The number of carbonyl (C=O) groups excluding carboxylic acids is 6. The Morgan fingerprint density at radius 2 is 1.62 bits per heavy atom. The topological polar surface area (TPSA) is 172 Å². The highest BCUT2D eigenvalue weighted by Gasteiger charge is 2.48. The molecule has 1 aliphatic heterocycles. The number of rotatable bonds is 15. The van der Waals surface area contributed by atoms with Gasteiger partial charge in [-0.25, -0.2) is 9.59 Å². The third kappa shape index (κ3) is 12.0. The van der Waals surface area contributed by atoms with E-state index in [4.69, 9.17) is 9.47 Å². The summed E-state index contributed by atoms with van der Waals surface area (Å²) in [6.07, 6.45) is 1.04. The predicted octanol–water partition coefficient (Wildman–Crippen LogP) is 2.93. The van der Waals surface area contributed by atoms with E-state index in [-0.39, 0.29) is 50.0 Å². The second-order valence-electron chi connectivity index (χ2n) is 13.5. The average Bonchev–Trinajstić information content (AvgIpc) is 3.24. The van der Waals surface area contributed by atoms with Gasteiger partial charge >= 0.3 is 12.2 Å². The van der Waals surface area contributed by atoms with Crippen LogP contribution in [0, 0.1) is 23.2 Å². The molecular formula is C32H55N5O8. The standard InChI is InChI=1S/C32H55N5O8/c1-12-14-22(25(38)28(40)33-15-13-2)34-27(39)24-21(8)20(7)16-37(24)29(41)26(32(9,10)11)36-30(42)35-23(18(3)4)17-44-31(43)45-19(5)6/h13,18-24,26H,2,12,14-17H2,1,3-11H3,(H,33,40)(H,34,39)(H2,35,36,42)/t20-,21-,22?,23+,24?,26?/m0/s1. The Kier molecular flexibility index (Phi) is 15.5. The lowest BCUT2D eigenvalue weighted by atomic mass is 9.85. The highest BCUT2D eigenvalue weighted by Crippen LogP contribution is 2.32. The smallest absolute Gasteiger partial charge is 0.432 e. The molecule has 0 saturated carbocycles. The highest BCUT2D eigenvalue weighted by atomic mass is 16.7. The molecule has 0 bridgehead atoms. The first kappa shape index (κ1) is 39.4. The van der Waals surface area contributed by atoms with Gasteiger partial charge < -0.3 is 35.6 Å². The van der Waals surface area contributed by atoms with E-state index in [2.05, 4.69) is 27.8 Å². The van der Waals surface area contributed by atoms with Gasteiger partial charge in [0.05, 0.1) is 18.2 Å². The normalized spacial score (nSPS) is 20.1. The largest absolute Gasteiger partial charge is 0.508 e. The number of nitrogens with one attached hydrogen (secondary N) is 4. The Balaban J connectivity index is 3.17. The zero-order valence-corrected chi connectivity index (χ0v) is 28.7. The van der Waals surface area contributed by atoms with Crippen molar-refractivity contribution in [3.8, 4) is 0 Å². The van der Waals surface area contributed by atoms with Crippen molar-refractivity contribution < 1.29 is 38.2 Å². The van der Waals surface area contributed by atoms with Gasteiger partial charge in [-0.15, -0.1) is 6.58 Å². The summed E-state index contributed by atoms with van der Waals surface area (Å²) in [6.45, 7) is 21.9. The van der Waals surface area contributed by atoms with Crippen LogP contribution in [-0.4, -0.2) is 90.6 Å². The Bertz CT molecular complexity index is 1070. The van der Waals surface area contributed by atoms with Crippen molar-refractivity contribution >= 4 is 35.7 Å². The van der Waals surface area contributed by atoms with E-state index in [0.717, 1.165) is 0 Å². The molecule has 0 spiro atoms. The van der Waals surface area contributed by atoms with E-state index in [1.54, 1.807) is 34.6 Å².